The van der Waals surface area contributed by atoms with Gasteiger partial charge in [0.2, 0.25) is 0 Å². The fourth-order valence-corrected chi connectivity index (χ4v) is 5.97. The Hall–Kier alpha value is -5.92. The summed E-state index contributed by atoms with van der Waals surface area (Å²) in [7, 11) is 0. The lowest BCUT2D eigenvalue weighted by molar-refractivity contribution is 0.670. The minimum atomic E-state index is -0.735. The molecular weight excluding hydrogens is 544 g/mol. The number of hydrogen-bond donors (Lipinski definition) is 0. The van der Waals surface area contributed by atoms with Gasteiger partial charge in [0.15, 0.2) is 0 Å². The highest BCUT2D eigenvalue weighted by atomic mass is 16.3. The summed E-state index contributed by atoms with van der Waals surface area (Å²) in [5.74, 6) is 0. The molecule has 0 aliphatic carbocycles. The van der Waals surface area contributed by atoms with Gasteiger partial charge >= 0.3 is 0 Å². The van der Waals surface area contributed by atoms with Crippen molar-refractivity contribution in [2.24, 2.45) is 0 Å². The molecule has 0 aliphatic rings. The maximum Gasteiger partial charge on any atom is 0.143 e. The highest BCUT2D eigenvalue weighted by Crippen LogP contribution is 2.44. The van der Waals surface area contributed by atoms with Crippen LogP contribution in [0, 0.1) is 0 Å². The number of hydrogen-bond acceptors (Lipinski definition) is 1. The van der Waals surface area contributed by atoms with Crippen LogP contribution in [0.5, 0.6) is 0 Å². The Bertz CT molecular complexity index is 3260. The van der Waals surface area contributed by atoms with E-state index in [2.05, 4.69) is 0 Å². The lowest BCUT2D eigenvalue weighted by Crippen LogP contribution is -1.90. The smallest absolute Gasteiger partial charge is 0.143 e. The summed E-state index contributed by atoms with van der Waals surface area (Å²) in [6.45, 7) is 0. The average Bonchev–Trinajstić information content (AvgIpc) is 3.66. The van der Waals surface area contributed by atoms with Crippen molar-refractivity contribution in [1.82, 2.24) is 0 Å². The summed E-state index contributed by atoms with van der Waals surface area (Å²) in [6.07, 6.45) is 0. The lowest BCUT2D eigenvalue weighted by atomic mass is 9.86. The lowest BCUT2D eigenvalue weighted by Gasteiger charge is -2.18. The van der Waals surface area contributed by atoms with Crippen LogP contribution in [0.4, 0.5) is 0 Å². The highest BCUT2D eigenvalue weighted by Gasteiger charge is 2.17. The van der Waals surface area contributed by atoms with E-state index >= 15 is 0 Å². The fraction of sp³-hybridized carbons (Fsp3) is 0. The van der Waals surface area contributed by atoms with E-state index in [1.54, 1.807) is 0 Å². The van der Waals surface area contributed by atoms with Crippen molar-refractivity contribution in [3.8, 4) is 44.5 Å². The van der Waals surface area contributed by atoms with Crippen LogP contribution in [0.2, 0.25) is 0 Å². The topological polar surface area (TPSA) is 13.1 Å². The zero-order valence-corrected chi connectivity index (χ0v) is 23.4. The van der Waals surface area contributed by atoms with Crippen LogP contribution in [0.25, 0.3) is 88.0 Å². The molecule has 0 aliphatic heterocycles. The van der Waals surface area contributed by atoms with Gasteiger partial charge in [0.1, 0.15) is 11.2 Å². The number of furan rings is 1. The van der Waals surface area contributed by atoms with Crippen LogP contribution in [-0.4, -0.2) is 0 Å². The standard InChI is InChI=1S/C44H28O/c1-3-12-30(13-4-1)34-20-11-21-39-40-28-33(26-27-41(40)45-44(34)39)29-22-24-32(25-23-29)43-37-18-9-7-16-35(37)42(31-14-5-2-6-15-31)36-17-8-10-19-38(36)43/h1-28H/i1D,3D,4D,11D,12D,13D,20D,21D,22D,23D,24D,25D,26D,27D,28D. The highest BCUT2D eigenvalue weighted by molar-refractivity contribution is 6.21. The van der Waals surface area contributed by atoms with Crippen molar-refractivity contribution in [2.75, 3.05) is 0 Å². The molecule has 1 nitrogen and oxygen atoms in total. The average molecular weight is 588 g/mol. The Labute approximate surface area is 282 Å². The first-order valence-electron chi connectivity index (χ1n) is 21.7. The van der Waals surface area contributed by atoms with E-state index in [0.717, 1.165) is 21.9 Å². The van der Waals surface area contributed by atoms with Gasteiger partial charge in [-0.3, -0.25) is 0 Å². The summed E-state index contributed by atoms with van der Waals surface area (Å²) in [4.78, 5) is 0. The minimum Gasteiger partial charge on any atom is -0.455 e. The second-order valence-electron chi connectivity index (χ2n) is 10.5. The van der Waals surface area contributed by atoms with E-state index in [4.69, 9.17) is 18.1 Å². The van der Waals surface area contributed by atoms with Crippen LogP contribution in [0.1, 0.15) is 20.6 Å². The molecule has 45 heavy (non-hydrogen) atoms. The summed E-state index contributed by atoms with van der Waals surface area (Å²) in [5.41, 5.74) is -0.446. The summed E-state index contributed by atoms with van der Waals surface area (Å²) in [5, 5.41) is 2.33. The normalized spacial score (nSPS) is 16.2. The molecule has 0 atom stereocenters. The first-order valence-corrected chi connectivity index (χ1v) is 14.2. The Morgan fingerprint density at radius 3 is 1.62 bits per heavy atom. The van der Waals surface area contributed by atoms with Gasteiger partial charge in [-0.05, 0) is 72.6 Å². The molecule has 0 bridgehead atoms. The van der Waals surface area contributed by atoms with Gasteiger partial charge in [0.25, 0.3) is 0 Å². The number of rotatable bonds is 4. The predicted molar refractivity (Wildman–Crippen MR) is 190 cm³/mol. The third kappa shape index (κ3) is 4.17. The van der Waals surface area contributed by atoms with Crippen molar-refractivity contribution in [1.29, 1.82) is 0 Å². The third-order valence-electron chi connectivity index (χ3n) is 7.93. The van der Waals surface area contributed by atoms with Crippen molar-refractivity contribution < 1.29 is 25.0 Å². The quantitative estimate of drug-likeness (QED) is 0.187. The van der Waals surface area contributed by atoms with E-state index in [1.165, 1.54) is 0 Å². The zero-order chi connectivity index (χ0) is 42.8. The summed E-state index contributed by atoms with van der Waals surface area (Å²) in [6, 6.07) is 15.0. The molecule has 0 N–H and O–H groups in total. The minimum absolute atomic E-state index is 0.0155. The van der Waals surface area contributed by atoms with Crippen LogP contribution in [0.3, 0.4) is 0 Å². The SMILES string of the molecule is [2H]c1c([2H])c([2H])c(-c2c([2H])c([2H])c([2H])c3c2oc2c([2H])c([2H])c(-c4c([2H])c([2H])c(-c5c6ccccc6c(-c6ccccc6)c6ccccc56)c([2H])c4[2H])c([2H])c23)c([2H])c1[2H]. The predicted octanol–water partition coefficient (Wildman–Crippen LogP) is 12.6. The Kier molecular flexibility index (Phi) is 3.39. The monoisotopic (exact) mass is 587 g/mol. The zero-order valence-electron chi connectivity index (χ0n) is 38.4. The molecule has 9 rings (SSSR count). The molecule has 0 saturated heterocycles. The van der Waals surface area contributed by atoms with Crippen molar-refractivity contribution in [3.05, 3.63) is 169 Å². The van der Waals surface area contributed by atoms with Gasteiger partial charge in [0.05, 0.1) is 20.6 Å². The maximum atomic E-state index is 9.46. The number of para-hydroxylation sites is 1. The molecule has 0 amide bonds. The van der Waals surface area contributed by atoms with Gasteiger partial charge in [-0.15, -0.1) is 0 Å². The molecule has 1 heterocycles. The molecule has 9 aromatic rings. The van der Waals surface area contributed by atoms with Crippen LogP contribution in [-0.2, 0) is 0 Å². The summed E-state index contributed by atoms with van der Waals surface area (Å²) < 4.78 is 139. The molecule has 0 radical (unpaired) electrons. The first kappa shape index (κ1) is 14.7. The molecule has 0 saturated carbocycles. The van der Waals surface area contributed by atoms with Crippen LogP contribution in [0.15, 0.2) is 174 Å². The molecular formula is C44H28O. The molecule has 8 aromatic carbocycles. The largest absolute Gasteiger partial charge is 0.455 e. The van der Waals surface area contributed by atoms with Crippen LogP contribution >= 0.6 is 0 Å². The second-order valence-corrected chi connectivity index (χ2v) is 10.5. The van der Waals surface area contributed by atoms with Crippen molar-refractivity contribution in [2.45, 2.75) is 0 Å². The van der Waals surface area contributed by atoms with E-state index < -0.39 is 124 Å². The van der Waals surface area contributed by atoms with Gasteiger partial charge < -0.3 is 4.42 Å². The third-order valence-corrected chi connectivity index (χ3v) is 7.93. The van der Waals surface area contributed by atoms with E-state index in [1.807, 2.05) is 78.9 Å². The number of benzene rings is 8. The van der Waals surface area contributed by atoms with Gasteiger partial charge in [0, 0.05) is 16.3 Å². The molecule has 0 unspecified atom stereocenters. The van der Waals surface area contributed by atoms with Gasteiger partial charge in [-0.2, -0.15) is 0 Å². The maximum absolute atomic E-state index is 9.46. The van der Waals surface area contributed by atoms with E-state index in [9.17, 15) is 6.85 Å². The van der Waals surface area contributed by atoms with E-state index in [0.29, 0.717) is 16.3 Å². The molecule has 210 valence electrons. The van der Waals surface area contributed by atoms with Crippen molar-refractivity contribution >= 4 is 43.5 Å². The molecule has 0 fully saturated rings. The van der Waals surface area contributed by atoms with Crippen molar-refractivity contribution in [3.63, 3.8) is 0 Å². The Balaban J connectivity index is 1.37. The Morgan fingerprint density at radius 1 is 0.378 bits per heavy atom. The Morgan fingerprint density at radius 2 is 0.956 bits per heavy atom. The second kappa shape index (κ2) is 10.4. The van der Waals surface area contributed by atoms with Gasteiger partial charge in [-0.1, -0.05) is 157 Å². The number of fused-ring (bicyclic) bond motifs is 5. The first-order chi connectivity index (χ1) is 28.6. The summed E-state index contributed by atoms with van der Waals surface area (Å²) >= 11 is 0. The molecule has 0 spiro atoms. The van der Waals surface area contributed by atoms with Gasteiger partial charge in [-0.25, -0.2) is 0 Å². The van der Waals surface area contributed by atoms with Crippen LogP contribution < -0.4 is 0 Å². The van der Waals surface area contributed by atoms with E-state index in [-0.39, 0.29) is 16.3 Å². The molecule has 1 aromatic heterocycles. The fourth-order valence-electron chi connectivity index (χ4n) is 5.97. The molecule has 1 heteroatoms.